The maximum atomic E-state index is 12.2. The quantitative estimate of drug-likeness (QED) is 0.194. The Kier molecular flexibility index (Phi) is 14.9. The van der Waals surface area contributed by atoms with Gasteiger partial charge in [-0.3, -0.25) is 9.35 Å². The summed E-state index contributed by atoms with van der Waals surface area (Å²) in [6.45, 7) is 9.01. The summed E-state index contributed by atoms with van der Waals surface area (Å²) in [4.78, 5) is 12.2. The normalized spacial score (nSPS) is 13.1. The van der Waals surface area contributed by atoms with Crippen molar-refractivity contribution < 1.29 is 36.7 Å². The smallest absolute Gasteiger partial charge is 0.265 e. The van der Waals surface area contributed by atoms with Crippen molar-refractivity contribution in [3.63, 3.8) is 0 Å². The molecule has 0 spiro atoms. The molecule has 1 atom stereocenters. The van der Waals surface area contributed by atoms with Crippen LogP contribution in [0, 0.1) is 23.7 Å². The molecule has 0 heterocycles. The molecule has 29 heavy (non-hydrogen) atoms. The molecular formula is C19H35NO8S. The lowest BCUT2D eigenvalue weighted by Gasteiger charge is -2.24. The molecular weight excluding hydrogens is 402 g/mol. The highest BCUT2D eigenvalue weighted by Gasteiger charge is 2.28. The molecule has 0 aromatic heterocycles. The van der Waals surface area contributed by atoms with Crippen LogP contribution in [0.2, 0.25) is 0 Å². The summed E-state index contributed by atoms with van der Waals surface area (Å²) in [6.07, 6.45) is 5.38. The summed E-state index contributed by atoms with van der Waals surface area (Å²) in [6, 6.07) is 0. The van der Waals surface area contributed by atoms with Crippen molar-refractivity contribution in [2.75, 3.05) is 65.2 Å². The van der Waals surface area contributed by atoms with Gasteiger partial charge in [-0.2, -0.15) is 8.42 Å². The van der Waals surface area contributed by atoms with Crippen LogP contribution < -0.4 is 5.32 Å². The van der Waals surface area contributed by atoms with E-state index in [1.807, 2.05) is 20.8 Å². The number of carbonyl (C=O) groups is 1. The van der Waals surface area contributed by atoms with Crippen LogP contribution in [0.3, 0.4) is 0 Å². The largest absolute Gasteiger partial charge is 0.377 e. The van der Waals surface area contributed by atoms with E-state index in [9.17, 15) is 13.2 Å². The fourth-order valence-electron chi connectivity index (χ4n) is 2.40. The number of amides is 1. The molecule has 0 saturated carbocycles. The average molecular weight is 438 g/mol. The summed E-state index contributed by atoms with van der Waals surface area (Å²) in [5, 5.41) is 2.64. The van der Waals surface area contributed by atoms with Gasteiger partial charge in [-0.05, 0) is 11.8 Å². The minimum Gasteiger partial charge on any atom is -0.377 e. The Labute approximate surface area is 174 Å². The van der Waals surface area contributed by atoms with Crippen molar-refractivity contribution in [2.45, 2.75) is 27.2 Å². The van der Waals surface area contributed by atoms with Gasteiger partial charge in [0.15, 0.2) is 0 Å². The molecule has 0 aliphatic heterocycles. The zero-order valence-electron chi connectivity index (χ0n) is 17.6. The molecule has 0 aliphatic rings. The van der Waals surface area contributed by atoms with Crippen molar-refractivity contribution in [3.8, 4) is 12.3 Å². The van der Waals surface area contributed by atoms with Gasteiger partial charge in [-0.25, -0.2) is 0 Å². The fraction of sp³-hybridized carbons (Fsp3) is 0.842. The van der Waals surface area contributed by atoms with Gasteiger partial charge < -0.3 is 24.3 Å². The Hall–Kier alpha value is -1.22. The molecule has 10 heteroatoms. The molecule has 0 saturated heterocycles. The molecule has 0 unspecified atom stereocenters. The number of ether oxygens (including phenoxy) is 4. The van der Waals surface area contributed by atoms with E-state index in [0.29, 0.717) is 46.1 Å². The van der Waals surface area contributed by atoms with E-state index in [2.05, 4.69) is 11.2 Å². The monoisotopic (exact) mass is 437 g/mol. The van der Waals surface area contributed by atoms with Gasteiger partial charge in [0.1, 0.15) is 6.61 Å². The number of carbonyl (C=O) groups excluding carboxylic acids is 1. The van der Waals surface area contributed by atoms with E-state index in [-0.39, 0.29) is 25.2 Å². The maximum Gasteiger partial charge on any atom is 0.265 e. The molecule has 0 bridgehead atoms. The van der Waals surface area contributed by atoms with Gasteiger partial charge in [0.2, 0.25) is 5.91 Å². The highest BCUT2D eigenvalue weighted by molar-refractivity contribution is 7.85. The molecule has 2 N–H and O–H groups in total. The van der Waals surface area contributed by atoms with Crippen LogP contribution in [-0.2, 0) is 33.9 Å². The van der Waals surface area contributed by atoms with E-state index < -0.39 is 27.7 Å². The van der Waals surface area contributed by atoms with E-state index in [4.69, 9.17) is 29.9 Å². The van der Waals surface area contributed by atoms with Gasteiger partial charge in [-0.15, -0.1) is 6.42 Å². The Balaban J connectivity index is 3.76. The third kappa shape index (κ3) is 19.9. The van der Waals surface area contributed by atoms with Crippen LogP contribution in [0.1, 0.15) is 27.2 Å². The third-order valence-electron chi connectivity index (χ3n) is 3.49. The van der Waals surface area contributed by atoms with Gasteiger partial charge in [0.05, 0.1) is 57.9 Å². The number of hydrogen-bond donors (Lipinski definition) is 2. The molecule has 1 amide bonds. The van der Waals surface area contributed by atoms with Gasteiger partial charge in [-0.1, -0.05) is 26.7 Å². The second-order valence-electron chi connectivity index (χ2n) is 7.60. The summed E-state index contributed by atoms with van der Waals surface area (Å²) in [7, 11) is -4.23. The molecule has 0 aliphatic carbocycles. The zero-order chi connectivity index (χ0) is 22.2. The SMILES string of the molecule is C#CCOCCOCCOCCOCCNC(=O)[C@@H](CC(C)(C)C)CS(=O)(=O)O. The zero-order valence-corrected chi connectivity index (χ0v) is 18.5. The first-order valence-electron chi connectivity index (χ1n) is 9.52. The van der Waals surface area contributed by atoms with Crippen LogP contribution in [-0.4, -0.2) is 84.0 Å². The summed E-state index contributed by atoms with van der Waals surface area (Å²) in [5.41, 5.74) is -0.251. The molecule has 170 valence electrons. The minimum atomic E-state index is -4.23. The average Bonchev–Trinajstić information content (AvgIpc) is 2.59. The molecule has 0 rings (SSSR count). The van der Waals surface area contributed by atoms with Crippen molar-refractivity contribution in [1.82, 2.24) is 5.32 Å². The fourth-order valence-corrected chi connectivity index (χ4v) is 3.18. The predicted molar refractivity (Wildman–Crippen MR) is 109 cm³/mol. The second kappa shape index (κ2) is 15.6. The van der Waals surface area contributed by atoms with Crippen molar-refractivity contribution in [3.05, 3.63) is 0 Å². The van der Waals surface area contributed by atoms with E-state index in [1.54, 1.807) is 0 Å². The molecule has 0 aromatic rings. The molecule has 0 fully saturated rings. The van der Waals surface area contributed by atoms with Gasteiger partial charge >= 0.3 is 0 Å². The maximum absolute atomic E-state index is 12.2. The Morgan fingerprint density at radius 1 is 1.00 bits per heavy atom. The lowest BCUT2D eigenvalue weighted by molar-refractivity contribution is -0.125. The van der Waals surface area contributed by atoms with E-state index in [1.165, 1.54) is 0 Å². The topological polar surface area (TPSA) is 120 Å². The highest BCUT2D eigenvalue weighted by atomic mass is 32.2. The molecule has 0 aromatic carbocycles. The first-order valence-corrected chi connectivity index (χ1v) is 11.1. The van der Waals surface area contributed by atoms with Crippen molar-refractivity contribution >= 4 is 16.0 Å². The lowest BCUT2D eigenvalue weighted by Crippen LogP contribution is -2.38. The Morgan fingerprint density at radius 3 is 1.93 bits per heavy atom. The Morgan fingerprint density at radius 2 is 1.48 bits per heavy atom. The van der Waals surface area contributed by atoms with Gasteiger partial charge in [0, 0.05) is 6.54 Å². The van der Waals surface area contributed by atoms with Gasteiger partial charge in [0.25, 0.3) is 10.1 Å². The first kappa shape index (κ1) is 27.8. The van der Waals surface area contributed by atoms with Crippen molar-refractivity contribution in [1.29, 1.82) is 0 Å². The summed E-state index contributed by atoms with van der Waals surface area (Å²) < 4.78 is 52.4. The van der Waals surface area contributed by atoms with Crippen molar-refractivity contribution in [2.24, 2.45) is 11.3 Å². The van der Waals surface area contributed by atoms with Crippen LogP contribution in [0.15, 0.2) is 0 Å². The minimum absolute atomic E-state index is 0.242. The molecule has 0 radical (unpaired) electrons. The van der Waals surface area contributed by atoms with E-state index >= 15 is 0 Å². The highest BCUT2D eigenvalue weighted by Crippen LogP contribution is 2.25. The third-order valence-corrected chi connectivity index (χ3v) is 4.31. The van der Waals surface area contributed by atoms with Crippen LogP contribution >= 0.6 is 0 Å². The van der Waals surface area contributed by atoms with Crippen LogP contribution in [0.5, 0.6) is 0 Å². The second-order valence-corrected chi connectivity index (χ2v) is 9.09. The lowest BCUT2D eigenvalue weighted by atomic mass is 9.85. The van der Waals surface area contributed by atoms with E-state index in [0.717, 1.165) is 0 Å². The molecule has 9 nitrogen and oxygen atoms in total. The predicted octanol–water partition coefficient (Wildman–Crippen LogP) is 0.742. The number of nitrogens with one attached hydrogen (secondary N) is 1. The standard InChI is InChI=1S/C19H35NO8S/c1-5-7-25-9-11-27-13-14-28-12-10-26-8-6-20-18(21)17(15-19(2,3)4)16-29(22,23)24/h1,17H,6-16H2,2-4H3,(H,20,21)(H,22,23,24)/t17-/m0/s1. The Bertz CT molecular complexity index is 580. The summed E-state index contributed by atoms with van der Waals surface area (Å²) in [5.74, 6) is 0.538. The van der Waals surface area contributed by atoms with Crippen LogP contribution in [0.4, 0.5) is 0 Å². The van der Waals surface area contributed by atoms with Crippen LogP contribution in [0.25, 0.3) is 0 Å². The number of rotatable bonds is 17. The first-order chi connectivity index (χ1) is 13.5. The summed E-state index contributed by atoms with van der Waals surface area (Å²) >= 11 is 0. The number of hydrogen-bond acceptors (Lipinski definition) is 7. The number of terminal acetylenes is 1.